The molecule has 0 saturated heterocycles. The molecular weight excluding hydrogens is 395 g/mol. The molecule has 0 atom stereocenters. The van der Waals surface area contributed by atoms with Gasteiger partial charge in [-0.25, -0.2) is 0 Å². The molecule has 0 aliphatic heterocycles. The molecular formula is C19H15ClF3N3O2. The van der Waals surface area contributed by atoms with Crippen molar-refractivity contribution in [1.29, 1.82) is 0 Å². The van der Waals surface area contributed by atoms with Gasteiger partial charge in [-0.3, -0.25) is 9.59 Å². The number of alkyl halides is 3. The van der Waals surface area contributed by atoms with Crippen LogP contribution in [-0.2, 0) is 22.2 Å². The van der Waals surface area contributed by atoms with Crippen molar-refractivity contribution >= 4 is 40.0 Å². The highest BCUT2D eigenvalue weighted by Gasteiger charge is 2.34. The fraction of sp³-hybridized carbons (Fsp3) is 0.158. The third-order valence-corrected chi connectivity index (χ3v) is 4.33. The zero-order valence-corrected chi connectivity index (χ0v) is 15.1. The van der Waals surface area contributed by atoms with Crippen LogP contribution in [0.5, 0.6) is 0 Å². The molecule has 0 fully saturated rings. The lowest BCUT2D eigenvalue weighted by Crippen LogP contribution is -2.36. The summed E-state index contributed by atoms with van der Waals surface area (Å²) in [5.74, 6) is -2.21. The largest absolute Gasteiger partial charge is 0.418 e. The lowest BCUT2D eigenvalue weighted by molar-refractivity contribution is -0.138. The molecule has 2 aromatic carbocycles. The van der Waals surface area contributed by atoms with Crippen molar-refractivity contribution in [1.82, 2.24) is 10.3 Å². The highest BCUT2D eigenvalue weighted by molar-refractivity contribution is 6.39. The Hall–Kier alpha value is -3.00. The van der Waals surface area contributed by atoms with E-state index in [1.165, 1.54) is 6.07 Å². The average molecular weight is 410 g/mol. The molecule has 9 heteroatoms. The first-order valence-electron chi connectivity index (χ1n) is 8.26. The van der Waals surface area contributed by atoms with Crippen molar-refractivity contribution in [3.8, 4) is 0 Å². The Labute approximate surface area is 162 Å². The van der Waals surface area contributed by atoms with Gasteiger partial charge in [0.1, 0.15) is 0 Å². The SMILES string of the molecule is O=C(NCCc1c[nH]c2ccccc12)C(=O)Nc1ccc(Cl)cc1C(F)(F)F. The maximum atomic E-state index is 13.1. The monoisotopic (exact) mass is 409 g/mol. The minimum absolute atomic E-state index is 0.131. The Balaban J connectivity index is 1.60. The fourth-order valence-electron chi connectivity index (χ4n) is 2.77. The topological polar surface area (TPSA) is 74.0 Å². The van der Waals surface area contributed by atoms with E-state index in [0.29, 0.717) is 12.5 Å². The van der Waals surface area contributed by atoms with E-state index in [-0.39, 0.29) is 11.6 Å². The zero-order valence-electron chi connectivity index (χ0n) is 14.4. The standard InChI is InChI=1S/C19H15ClF3N3O2/c20-12-5-6-16(14(9-12)19(21,22)23)26-18(28)17(27)24-8-7-11-10-25-15-4-2-1-3-13(11)15/h1-6,9-10,25H,7-8H2,(H,24,27)(H,26,28). The Morgan fingerprint density at radius 3 is 2.57 bits per heavy atom. The third kappa shape index (κ3) is 4.45. The molecule has 0 radical (unpaired) electrons. The number of carbonyl (C=O) groups excluding carboxylic acids is 2. The smallest absolute Gasteiger partial charge is 0.361 e. The van der Waals surface area contributed by atoms with E-state index >= 15 is 0 Å². The molecule has 28 heavy (non-hydrogen) atoms. The summed E-state index contributed by atoms with van der Waals surface area (Å²) in [6, 6.07) is 10.5. The van der Waals surface area contributed by atoms with E-state index in [2.05, 4.69) is 10.3 Å². The van der Waals surface area contributed by atoms with Crippen LogP contribution < -0.4 is 10.6 Å². The highest BCUT2D eigenvalue weighted by Crippen LogP contribution is 2.36. The first kappa shape index (κ1) is 19.8. The number of H-pyrrole nitrogens is 1. The van der Waals surface area contributed by atoms with Crippen molar-refractivity contribution in [2.24, 2.45) is 0 Å². The molecule has 146 valence electrons. The van der Waals surface area contributed by atoms with Gasteiger partial charge in [-0.2, -0.15) is 13.2 Å². The van der Waals surface area contributed by atoms with E-state index in [1.54, 1.807) is 6.20 Å². The number of rotatable bonds is 4. The average Bonchev–Trinajstić information content (AvgIpc) is 3.05. The second kappa shape index (κ2) is 7.93. The number of aromatic amines is 1. The van der Waals surface area contributed by atoms with Gasteiger partial charge in [-0.15, -0.1) is 0 Å². The maximum Gasteiger partial charge on any atom is 0.418 e. The second-order valence-corrected chi connectivity index (χ2v) is 6.44. The molecule has 1 heterocycles. The Bertz CT molecular complexity index is 1030. The van der Waals surface area contributed by atoms with E-state index in [0.717, 1.165) is 22.5 Å². The number of fused-ring (bicyclic) bond motifs is 1. The lowest BCUT2D eigenvalue weighted by Gasteiger charge is -2.14. The van der Waals surface area contributed by atoms with Crippen LogP contribution in [0.4, 0.5) is 18.9 Å². The normalized spacial score (nSPS) is 11.4. The molecule has 0 unspecified atom stereocenters. The van der Waals surface area contributed by atoms with Crippen LogP contribution >= 0.6 is 11.6 Å². The number of amides is 2. The summed E-state index contributed by atoms with van der Waals surface area (Å²) in [6.45, 7) is 0.154. The molecule has 0 aliphatic rings. The van der Waals surface area contributed by atoms with E-state index in [4.69, 9.17) is 11.6 Å². The predicted octanol–water partition coefficient (Wildman–Crippen LogP) is 4.14. The van der Waals surface area contributed by atoms with E-state index in [9.17, 15) is 22.8 Å². The van der Waals surface area contributed by atoms with Crippen LogP contribution in [0, 0.1) is 0 Å². The number of para-hydroxylation sites is 1. The summed E-state index contributed by atoms with van der Waals surface area (Å²) >= 11 is 5.59. The van der Waals surface area contributed by atoms with Gasteiger partial charge in [0.2, 0.25) is 0 Å². The van der Waals surface area contributed by atoms with E-state index < -0.39 is 29.2 Å². The van der Waals surface area contributed by atoms with Gasteiger partial charge in [0.25, 0.3) is 0 Å². The number of nitrogens with one attached hydrogen (secondary N) is 3. The fourth-order valence-corrected chi connectivity index (χ4v) is 2.94. The molecule has 5 nitrogen and oxygen atoms in total. The Morgan fingerprint density at radius 2 is 1.82 bits per heavy atom. The van der Waals surface area contributed by atoms with Gasteiger partial charge in [0, 0.05) is 28.7 Å². The van der Waals surface area contributed by atoms with Crippen molar-refractivity contribution in [3.05, 3.63) is 64.8 Å². The molecule has 3 N–H and O–H groups in total. The van der Waals surface area contributed by atoms with Crippen molar-refractivity contribution in [2.75, 3.05) is 11.9 Å². The molecule has 1 aromatic heterocycles. The van der Waals surface area contributed by atoms with Gasteiger partial charge in [-0.1, -0.05) is 29.8 Å². The second-order valence-electron chi connectivity index (χ2n) is 6.01. The summed E-state index contributed by atoms with van der Waals surface area (Å²) in [5.41, 5.74) is 0.242. The minimum atomic E-state index is -4.72. The summed E-state index contributed by atoms with van der Waals surface area (Å²) in [6.07, 6.45) is -2.46. The van der Waals surface area contributed by atoms with Crippen LogP contribution in [-0.4, -0.2) is 23.3 Å². The number of hydrogen-bond acceptors (Lipinski definition) is 2. The minimum Gasteiger partial charge on any atom is -0.361 e. The number of carbonyl (C=O) groups is 2. The molecule has 2 amide bonds. The summed E-state index contributed by atoms with van der Waals surface area (Å²) in [5, 5.41) is 5.25. The lowest BCUT2D eigenvalue weighted by atomic mass is 10.1. The van der Waals surface area contributed by atoms with Gasteiger partial charge in [0.05, 0.1) is 11.3 Å². The summed E-state index contributed by atoms with van der Waals surface area (Å²) < 4.78 is 39.2. The number of benzene rings is 2. The molecule has 3 rings (SSSR count). The molecule has 3 aromatic rings. The predicted molar refractivity (Wildman–Crippen MR) is 100 cm³/mol. The van der Waals surface area contributed by atoms with Crippen molar-refractivity contribution in [3.63, 3.8) is 0 Å². The molecule has 0 aliphatic carbocycles. The zero-order chi connectivity index (χ0) is 20.3. The van der Waals surface area contributed by atoms with Crippen molar-refractivity contribution in [2.45, 2.75) is 12.6 Å². The van der Waals surface area contributed by atoms with Gasteiger partial charge in [0.15, 0.2) is 0 Å². The van der Waals surface area contributed by atoms with E-state index in [1.807, 2.05) is 29.6 Å². The quantitative estimate of drug-likeness (QED) is 0.567. The number of aromatic nitrogens is 1. The number of halogens is 4. The molecule has 0 bridgehead atoms. The first-order valence-corrected chi connectivity index (χ1v) is 8.64. The summed E-state index contributed by atoms with van der Waals surface area (Å²) in [4.78, 5) is 27.0. The van der Waals surface area contributed by atoms with Crippen LogP contribution in [0.2, 0.25) is 5.02 Å². The maximum absolute atomic E-state index is 13.1. The highest BCUT2D eigenvalue weighted by atomic mass is 35.5. The van der Waals surface area contributed by atoms with Crippen LogP contribution in [0.15, 0.2) is 48.7 Å². The summed E-state index contributed by atoms with van der Waals surface area (Å²) in [7, 11) is 0. The van der Waals surface area contributed by atoms with Gasteiger partial charge >= 0.3 is 18.0 Å². The van der Waals surface area contributed by atoms with Crippen molar-refractivity contribution < 1.29 is 22.8 Å². The van der Waals surface area contributed by atoms with Crippen LogP contribution in [0.25, 0.3) is 10.9 Å². The molecule has 0 saturated carbocycles. The Kier molecular flexibility index (Phi) is 5.60. The van der Waals surface area contributed by atoms with Crippen LogP contribution in [0.1, 0.15) is 11.1 Å². The number of hydrogen-bond donors (Lipinski definition) is 3. The molecule has 0 spiro atoms. The van der Waals surface area contributed by atoms with Crippen LogP contribution in [0.3, 0.4) is 0 Å². The van der Waals surface area contributed by atoms with Gasteiger partial charge in [-0.05, 0) is 36.2 Å². The number of anilines is 1. The first-order chi connectivity index (χ1) is 13.3. The van der Waals surface area contributed by atoms with Gasteiger partial charge < -0.3 is 15.6 Å². The third-order valence-electron chi connectivity index (χ3n) is 4.10. The Morgan fingerprint density at radius 1 is 1.07 bits per heavy atom.